The van der Waals surface area contributed by atoms with Crippen molar-refractivity contribution in [2.45, 2.75) is 6.61 Å². The summed E-state index contributed by atoms with van der Waals surface area (Å²) in [5.41, 5.74) is 2.75. The van der Waals surface area contributed by atoms with Crippen molar-refractivity contribution in [2.75, 3.05) is 12.4 Å². The van der Waals surface area contributed by atoms with E-state index < -0.39 is 5.97 Å². The third-order valence-electron chi connectivity index (χ3n) is 4.65. The van der Waals surface area contributed by atoms with E-state index in [4.69, 9.17) is 14.6 Å². The summed E-state index contributed by atoms with van der Waals surface area (Å²) in [5, 5.41) is 20.1. The maximum atomic E-state index is 13.0. The van der Waals surface area contributed by atoms with Gasteiger partial charge in [0, 0.05) is 23.5 Å². The van der Waals surface area contributed by atoms with Crippen LogP contribution in [0.1, 0.15) is 26.3 Å². The highest BCUT2D eigenvalue weighted by Crippen LogP contribution is 2.32. The fraction of sp³-hybridized carbons (Fsp3) is 0.0870. The first-order valence-corrected chi connectivity index (χ1v) is 10.5. The Morgan fingerprint density at radius 1 is 1.03 bits per heavy atom. The number of aromatic carboxylic acids is 1. The number of ether oxygens (including phenoxy) is 2. The topological polar surface area (TPSA) is 124 Å². The number of carbonyl (C=O) groups excluding carboxylic acids is 1. The molecule has 0 aliphatic rings. The summed E-state index contributed by atoms with van der Waals surface area (Å²) >= 11 is 1.08. The first-order chi connectivity index (χ1) is 16.0. The highest BCUT2D eigenvalue weighted by molar-refractivity contribution is 7.17. The summed E-state index contributed by atoms with van der Waals surface area (Å²) in [6.07, 6.45) is 3.15. The maximum Gasteiger partial charge on any atom is 0.335 e. The van der Waals surface area contributed by atoms with Gasteiger partial charge in [-0.1, -0.05) is 35.4 Å². The number of hydrogen-bond donors (Lipinski definition) is 2. The number of methoxy groups -OCH3 is 1. The summed E-state index contributed by atoms with van der Waals surface area (Å²) in [7, 11) is 1.57. The molecular formula is C23H18N4O5S. The van der Waals surface area contributed by atoms with Crippen LogP contribution in [0.15, 0.2) is 67.0 Å². The third kappa shape index (κ3) is 5.13. The molecule has 10 heteroatoms. The van der Waals surface area contributed by atoms with Crippen molar-refractivity contribution >= 4 is 28.3 Å². The van der Waals surface area contributed by atoms with Crippen molar-refractivity contribution in [3.05, 3.63) is 83.7 Å². The first kappa shape index (κ1) is 21.9. The number of nitrogens with one attached hydrogen (secondary N) is 1. The summed E-state index contributed by atoms with van der Waals surface area (Å²) in [6, 6.07) is 15.3. The summed E-state index contributed by atoms with van der Waals surface area (Å²) in [5.74, 6) is -0.733. The molecule has 0 saturated carbocycles. The Hall–Kier alpha value is -4.31. The first-order valence-electron chi connectivity index (χ1n) is 9.72. The second kappa shape index (κ2) is 9.88. The van der Waals surface area contributed by atoms with Crippen LogP contribution in [-0.2, 0) is 6.61 Å². The number of para-hydroxylation sites is 1. The van der Waals surface area contributed by atoms with E-state index in [0.29, 0.717) is 16.9 Å². The van der Waals surface area contributed by atoms with Crippen LogP contribution in [0.5, 0.6) is 10.9 Å². The van der Waals surface area contributed by atoms with Crippen LogP contribution in [0.2, 0.25) is 0 Å². The minimum atomic E-state index is -0.991. The maximum absolute atomic E-state index is 13.0. The molecule has 0 unspecified atom stereocenters. The average Bonchev–Trinajstić information content (AvgIpc) is 3.30. The van der Waals surface area contributed by atoms with Gasteiger partial charge in [-0.25, -0.2) is 4.79 Å². The van der Waals surface area contributed by atoms with Crippen LogP contribution >= 0.6 is 11.3 Å². The standard InChI is InChI=1S/C23H18N4O5S/c1-31-19-5-3-2-4-16(19)18-12-24-11-10-17(18)20(28)25-22-26-27-23(33-22)32-13-14-6-8-15(9-7-14)21(29)30/h2-12H,13H2,1H3,(H,29,30)(H,25,26,28). The Balaban J connectivity index is 1.45. The van der Waals surface area contributed by atoms with E-state index in [1.807, 2.05) is 24.3 Å². The Morgan fingerprint density at radius 2 is 1.82 bits per heavy atom. The highest BCUT2D eigenvalue weighted by atomic mass is 32.1. The molecular weight excluding hydrogens is 444 g/mol. The molecule has 2 aromatic heterocycles. The molecule has 166 valence electrons. The molecule has 0 aliphatic heterocycles. The molecule has 33 heavy (non-hydrogen) atoms. The predicted octanol–water partition coefficient (Wildman–Crippen LogP) is 4.14. The Kier molecular flexibility index (Phi) is 6.56. The normalized spacial score (nSPS) is 10.5. The average molecular weight is 462 g/mol. The van der Waals surface area contributed by atoms with Crippen molar-refractivity contribution in [1.82, 2.24) is 15.2 Å². The predicted molar refractivity (Wildman–Crippen MR) is 122 cm³/mol. The fourth-order valence-electron chi connectivity index (χ4n) is 3.05. The van der Waals surface area contributed by atoms with Gasteiger partial charge >= 0.3 is 5.97 Å². The molecule has 0 aliphatic carbocycles. The second-order valence-corrected chi connectivity index (χ2v) is 7.68. The van der Waals surface area contributed by atoms with E-state index in [0.717, 1.165) is 22.5 Å². The van der Waals surface area contributed by atoms with Gasteiger partial charge in [-0.2, -0.15) is 0 Å². The zero-order chi connectivity index (χ0) is 23.2. The number of carbonyl (C=O) groups is 2. The van der Waals surface area contributed by atoms with Gasteiger partial charge in [-0.3, -0.25) is 15.1 Å². The van der Waals surface area contributed by atoms with Crippen molar-refractivity contribution in [2.24, 2.45) is 0 Å². The Bertz CT molecular complexity index is 1290. The number of anilines is 1. The number of pyridine rings is 1. The lowest BCUT2D eigenvalue weighted by atomic mass is 10.0. The quantitative estimate of drug-likeness (QED) is 0.400. The molecule has 0 fully saturated rings. The van der Waals surface area contributed by atoms with Crippen molar-refractivity contribution < 1.29 is 24.2 Å². The van der Waals surface area contributed by atoms with Gasteiger partial charge in [-0.05, 0) is 41.2 Å². The lowest BCUT2D eigenvalue weighted by Crippen LogP contribution is -2.13. The van der Waals surface area contributed by atoms with Crippen molar-refractivity contribution in [1.29, 1.82) is 0 Å². The van der Waals surface area contributed by atoms with E-state index >= 15 is 0 Å². The zero-order valence-electron chi connectivity index (χ0n) is 17.4. The Labute approximate surface area is 192 Å². The van der Waals surface area contributed by atoms with Crippen molar-refractivity contribution in [3.63, 3.8) is 0 Å². The van der Waals surface area contributed by atoms with Gasteiger partial charge in [0.25, 0.3) is 11.1 Å². The third-order valence-corrected chi connectivity index (χ3v) is 5.40. The van der Waals surface area contributed by atoms with Crippen LogP contribution in [0, 0.1) is 0 Å². The van der Waals surface area contributed by atoms with E-state index in [9.17, 15) is 9.59 Å². The molecule has 2 heterocycles. The number of carboxylic acids is 1. The summed E-state index contributed by atoms with van der Waals surface area (Å²) in [4.78, 5) is 28.0. The van der Waals surface area contributed by atoms with Crippen LogP contribution in [0.25, 0.3) is 11.1 Å². The van der Waals surface area contributed by atoms with E-state index in [1.54, 1.807) is 31.5 Å². The number of aromatic nitrogens is 3. The number of amides is 1. The minimum Gasteiger partial charge on any atom is -0.496 e. The molecule has 4 aromatic rings. The molecule has 2 N–H and O–H groups in total. The highest BCUT2D eigenvalue weighted by Gasteiger charge is 2.17. The largest absolute Gasteiger partial charge is 0.496 e. The smallest absolute Gasteiger partial charge is 0.335 e. The fourth-order valence-corrected chi connectivity index (χ4v) is 3.64. The monoisotopic (exact) mass is 462 g/mol. The number of nitrogens with zero attached hydrogens (tertiary/aromatic N) is 3. The van der Waals surface area contributed by atoms with Crippen LogP contribution in [0.3, 0.4) is 0 Å². The number of carboxylic acid groups (broad SMARTS) is 1. The van der Waals surface area contributed by atoms with Gasteiger partial charge in [-0.15, -0.1) is 5.10 Å². The van der Waals surface area contributed by atoms with Gasteiger partial charge < -0.3 is 14.6 Å². The molecule has 4 rings (SSSR count). The van der Waals surface area contributed by atoms with E-state index in [-0.39, 0.29) is 28.4 Å². The van der Waals surface area contributed by atoms with Gasteiger partial charge in [0.15, 0.2) is 0 Å². The van der Waals surface area contributed by atoms with E-state index in [2.05, 4.69) is 20.5 Å². The Morgan fingerprint density at radius 3 is 2.58 bits per heavy atom. The van der Waals surface area contributed by atoms with Crippen molar-refractivity contribution in [3.8, 4) is 22.1 Å². The summed E-state index contributed by atoms with van der Waals surface area (Å²) < 4.78 is 11.0. The number of rotatable bonds is 8. The minimum absolute atomic E-state index is 0.185. The van der Waals surface area contributed by atoms with Gasteiger partial charge in [0.1, 0.15) is 12.4 Å². The van der Waals surface area contributed by atoms with Crippen LogP contribution < -0.4 is 14.8 Å². The van der Waals surface area contributed by atoms with E-state index in [1.165, 1.54) is 18.3 Å². The summed E-state index contributed by atoms with van der Waals surface area (Å²) in [6.45, 7) is 0.185. The lowest BCUT2D eigenvalue weighted by molar-refractivity contribution is 0.0696. The molecule has 0 atom stereocenters. The molecule has 2 aromatic carbocycles. The molecule has 0 spiro atoms. The zero-order valence-corrected chi connectivity index (χ0v) is 18.2. The molecule has 1 amide bonds. The molecule has 0 bridgehead atoms. The molecule has 0 saturated heterocycles. The van der Waals surface area contributed by atoms with Gasteiger partial charge in [0.2, 0.25) is 5.13 Å². The SMILES string of the molecule is COc1ccccc1-c1cnccc1C(=O)Nc1nnc(OCc2ccc(C(=O)O)cc2)s1. The molecule has 0 radical (unpaired) electrons. The number of hydrogen-bond acceptors (Lipinski definition) is 8. The van der Waals surface area contributed by atoms with Gasteiger partial charge in [0.05, 0.1) is 18.2 Å². The second-order valence-electron chi connectivity index (χ2n) is 6.74. The van der Waals surface area contributed by atoms with Crippen LogP contribution in [0.4, 0.5) is 5.13 Å². The molecule has 9 nitrogen and oxygen atoms in total. The van der Waals surface area contributed by atoms with Crippen LogP contribution in [-0.4, -0.2) is 39.3 Å². The number of benzene rings is 2. The lowest BCUT2D eigenvalue weighted by Gasteiger charge is -2.11.